The first-order chi connectivity index (χ1) is 13.2. The molecule has 0 aliphatic carbocycles. The van der Waals surface area contributed by atoms with Gasteiger partial charge in [-0.2, -0.15) is 0 Å². The van der Waals surface area contributed by atoms with E-state index in [-0.39, 0.29) is 24.9 Å². The van der Waals surface area contributed by atoms with Crippen molar-refractivity contribution in [1.82, 2.24) is 9.47 Å². The molecule has 0 bridgehead atoms. The van der Waals surface area contributed by atoms with Crippen molar-refractivity contribution in [3.05, 3.63) is 71.9 Å². The molecule has 2 aromatic carbocycles. The lowest BCUT2D eigenvalue weighted by Gasteiger charge is -2.28. The van der Waals surface area contributed by atoms with Gasteiger partial charge in [0.1, 0.15) is 0 Å². The lowest BCUT2D eigenvalue weighted by atomic mass is 10.00. The van der Waals surface area contributed by atoms with E-state index in [0.717, 1.165) is 17.3 Å². The molecular weight excluding hydrogens is 340 g/mol. The van der Waals surface area contributed by atoms with Gasteiger partial charge < -0.3 is 14.2 Å². The molecule has 1 aliphatic rings. The molecule has 4 rings (SSSR count). The van der Waals surface area contributed by atoms with Crippen LogP contribution in [0.15, 0.2) is 60.8 Å². The minimum Gasteiger partial charge on any atom is -0.456 e. The minimum atomic E-state index is -0.349. The number of para-hydroxylation sites is 1. The van der Waals surface area contributed by atoms with Gasteiger partial charge in [0, 0.05) is 31.3 Å². The number of carbonyl (C=O) groups is 2. The quantitative estimate of drug-likeness (QED) is 0.655. The number of hydrogen-bond acceptors (Lipinski definition) is 3. The Labute approximate surface area is 158 Å². The van der Waals surface area contributed by atoms with Crippen molar-refractivity contribution in [3.8, 4) is 0 Å². The maximum atomic E-state index is 12.4. The minimum absolute atomic E-state index is 0.135. The highest BCUT2D eigenvalue weighted by molar-refractivity contribution is 5.81. The molecule has 5 heteroatoms. The first-order valence-corrected chi connectivity index (χ1v) is 9.25. The second kappa shape index (κ2) is 7.66. The summed E-state index contributed by atoms with van der Waals surface area (Å²) >= 11 is 0. The van der Waals surface area contributed by atoms with Gasteiger partial charge in [-0.25, -0.2) is 0 Å². The third-order valence-electron chi connectivity index (χ3n) is 5.08. The van der Waals surface area contributed by atoms with E-state index in [9.17, 15) is 9.59 Å². The van der Waals surface area contributed by atoms with E-state index in [2.05, 4.69) is 6.07 Å². The summed E-state index contributed by atoms with van der Waals surface area (Å²) in [6.07, 6.45) is 3.06. The molecule has 0 atom stereocenters. The summed E-state index contributed by atoms with van der Waals surface area (Å²) in [6.45, 7) is 1.61. The van der Waals surface area contributed by atoms with Crippen molar-refractivity contribution in [2.75, 3.05) is 13.2 Å². The van der Waals surface area contributed by atoms with Crippen LogP contribution in [0, 0.1) is 0 Å². The second-order valence-electron chi connectivity index (χ2n) is 6.81. The molecule has 0 radical (unpaired) electrons. The summed E-state index contributed by atoms with van der Waals surface area (Å²) in [5, 5.41) is 1.14. The summed E-state index contributed by atoms with van der Waals surface area (Å²) in [6, 6.07) is 18.2. The standard InChI is InChI=1S/C22H22N2O3/c25-21(24-13-9-17-5-1-2-7-19(17)15-24)16-27-22(26)11-14-23-12-10-18-6-3-4-8-20(18)23/h1-8,10,12H,9,11,13-16H2. The van der Waals surface area contributed by atoms with Crippen molar-refractivity contribution >= 4 is 22.8 Å². The number of rotatable bonds is 5. The van der Waals surface area contributed by atoms with Crippen LogP contribution in [0.2, 0.25) is 0 Å². The van der Waals surface area contributed by atoms with Gasteiger partial charge in [-0.05, 0) is 35.1 Å². The van der Waals surface area contributed by atoms with E-state index in [0.29, 0.717) is 19.6 Å². The number of amides is 1. The van der Waals surface area contributed by atoms with Crippen molar-refractivity contribution in [3.63, 3.8) is 0 Å². The molecule has 1 aromatic heterocycles. The maximum Gasteiger partial charge on any atom is 0.308 e. The zero-order valence-electron chi connectivity index (χ0n) is 15.1. The first-order valence-electron chi connectivity index (χ1n) is 9.25. The van der Waals surface area contributed by atoms with Crippen LogP contribution in [-0.2, 0) is 33.8 Å². The van der Waals surface area contributed by atoms with Crippen LogP contribution in [0.25, 0.3) is 10.9 Å². The van der Waals surface area contributed by atoms with Gasteiger partial charge in [0.25, 0.3) is 5.91 Å². The van der Waals surface area contributed by atoms with Crippen LogP contribution in [0.5, 0.6) is 0 Å². The number of hydrogen-bond donors (Lipinski definition) is 0. The fourth-order valence-electron chi connectivity index (χ4n) is 3.56. The van der Waals surface area contributed by atoms with Gasteiger partial charge in [0.05, 0.1) is 6.42 Å². The Morgan fingerprint density at radius 3 is 2.63 bits per heavy atom. The zero-order chi connectivity index (χ0) is 18.6. The Morgan fingerprint density at radius 1 is 0.963 bits per heavy atom. The van der Waals surface area contributed by atoms with Crippen LogP contribution in [0.4, 0.5) is 0 Å². The molecule has 0 saturated carbocycles. The molecule has 27 heavy (non-hydrogen) atoms. The molecule has 0 saturated heterocycles. The molecule has 0 N–H and O–H groups in total. The highest BCUT2D eigenvalue weighted by atomic mass is 16.5. The number of benzene rings is 2. The van der Waals surface area contributed by atoms with E-state index in [1.54, 1.807) is 4.90 Å². The normalized spacial score (nSPS) is 13.4. The molecule has 3 aromatic rings. The molecule has 5 nitrogen and oxygen atoms in total. The average molecular weight is 362 g/mol. The third-order valence-corrected chi connectivity index (χ3v) is 5.08. The van der Waals surface area contributed by atoms with E-state index in [4.69, 9.17) is 4.74 Å². The largest absolute Gasteiger partial charge is 0.456 e. The van der Waals surface area contributed by atoms with Gasteiger partial charge >= 0.3 is 5.97 Å². The number of carbonyl (C=O) groups excluding carboxylic acids is 2. The Hall–Kier alpha value is -3.08. The number of ether oxygens (including phenoxy) is 1. The molecule has 0 spiro atoms. The molecular formula is C22H22N2O3. The van der Waals surface area contributed by atoms with E-state index in [1.807, 2.05) is 59.3 Å². The number of fused-ring (bicyclic) bond motifs is 2. The van der Waals surface area contributed by atoms with Crippen LogP contribution in [0.1, 0.15) is 17.5 Å². The third kappa shape index (κ3) is 3.87. The highest BCUT2D eigenvalue weighted by Crippen LogP contribution is 2.18. The topological polar surface area (TPSA) is 51.5 Å². The SMILES string of the molecule is O=C(CCn1ccc2ccccc21)OCC(=O)N1CCc2ccccc2C1. The Kier molecular flexibility index (Phi) is 4.92. The summed E-state index contributed by atoms with van der Waals surface area (Å²) in [5.74, 6) is -0.484. The van der Waals surface area contributed by atoms with Crippen LogP contribution < -0.4 is 0 Å². The number of aryl methyl sites for hydroxylation is 1. The lowest BCUT2D eigenvalue weighted by Crippen LogP contribution is -2.38. The number of aromatic nitrogens is 1. The summed E-state index contributed by atoms with van der Waals surface area (Å²) in [4.78, 5) is 26.2. The summed E-state index contributed by atoms with van der Waals surface area (Å²) in [7, 11) is 0. The first kappa shape index (κ1) is 17.3. The van der Waals surface area contributed by atoms with Crippen LogP contribution >= 0.6 is 0 Å². The maximum absolute atomic E-state index is 12.4. The monoisotopic (exact) mass is 362 g/mol. The fourth-order valence-corrected chi connectivity index (χ4v) is 3.56. The molecule has 1 amide bonds. The van der Waals surface area contributed by atoms with Gasteiger partial charge in [-0.1, -0.05) is 42.5 Å². The predicted octanol–water partition coefficient (Wildman–Crippen LogP) is 3.16. The zero-order valence-corrected chi connectivity index (χ0v) is 15.1. The van der Waals surface area contributed by atoms with Gasteiger partial charge in [0.2, 0.25) is 0 Å². The van der Waals surface area contributed by atoms with Gasteiger partial charge in [-0.15, -0.1) is 0 Å². The van der Waals surface area contributed by atoms with Crippen LogP contribution in [0.3, 0.4) is 0 Å². The summed E-state index contributed by atoms with van der Waals surface area (Å²) in [5.41, 5.74) is 3.55. The van der Waals surface area contributed by atoms with E-state index < -0.39 is 0 Å². The van der Waals surface area contributed by atoms with Gasteiger partial charge in [0.15, 0.2) is 6.61 Å². The van der Waals surface area contributed by atoms with Crippen molar-refractivity contribution in [1.29, 1.82) is 0 Å². The second-order valence-corrected chi connectivity index (χ2v) is 6.81. The fraction of sp³-hybridized carbons (Fsp3) is 0.273. The Bertz CT molecular complexity index is 976. The summed E-state index contributed by atoms with van der Waals surface area (Å²) < 4.78 is 7.24. The van der Waals surface area contributed by atoms with Crippen molar-refractivity contribution in [2.45, 2.75) is 25.9 Å². The number of esters is 1. The highest BCUT2D eigenvalue weighted by Gasteiger charge is 2.21. The Morgan fingerprint density at radius 2 is 1.74 bits per heavy atom. The van der Waals surface area contributed by atoms with Crippen LogP contribution in [-0.4, -0.2) is 34.5 Å². The van der Waals surface area contributed by atoms with E-state index in [1.165, 1.54) is 11.1 Å². The molecule has 138 valence electrons. The van der Waals surface area contributed by atoms with Crippen molar-refractivity contribution < 1.29 is 14.3 Å². The molecule has 1 aliphatic heterocycles. The Balaban J connectivity index is 1.26. The van der Waals surface area contributed by atoms with Crippen molar-refractivity contribution in [2.24, 2.45) is 0 Å². The molecule has 0 unspecified atom stereocenters. The lowest BCUT2D eigenvalue weighted by molar-refractivity contribution is -0.152. The smallest absolute Gasteiger partial charge is 0.308 e. The van der Waals surface area contributed by atoms with E-state index >= 15 is 0 Å². The average Bonchev–Trinajstić information content (AvgIpc) is 3.13. The number of nitrogens with zero attached hydrogens (tertiary/aromatic N) is 2. The van der Waals surface area contributed by atoms with Gasteiger partial charge in [-0.3, -0.25) is 9.59 Å². The molecule has 2 heterocycles. The molecule has 0 fully saturated rings. The predicted molar refractivity (Wildman–Crippen MR) is 103 cm³/mol.